The van der Waals surface area contributed by atoms with Crippen molar-refractivity contribution in [2.75, 3.05) is 13.2 Å². The standard InChI is InChI=1S/C17H17BrClNO5/c18-12-7-10(19)5-9-6-14(25-16(9)12)15(21)11-8-17(23-3-4-24-17)2-1-13(11)20-22/h5,7,11,14,22H,1-4,6,8H2/t11?,14-/m0/s1. The van der Waals surface area contributed by atoms with Crippen molar-refractivity contribution < 1.29 is 24.2 Å². The lowest BCUT2D eigenvalue weighted by Crippen LogP contribution is -2.46. The quantitative estimate of drug-likeness (QED) is 0.575. The molecule has 2 heterocycles. The number of hydrogen-bond acceptors (Lipinski definition) is 6. The molecule has 1 saturated heterocycles. The van der Waals surface area contributed by atoms with E-state index in [9.17, 15) is 10.0 Å². The number of nitrogens with zero attached hydrogens (tertiary/aromatic N) is 1. The highest BCUT2D eigenvalue weighted by Gasteiger charge is 2.48. The Morgan fingerprint density at radius 2 is 2.12 bits per heavy atom. The van der Waals surface area contributed by atoms with Gasteiger partial charge in [0.15, 0.2) is 17.7 Å². The predicted octanol–water partition coefficient (Wildman–Crippen LogP) is 3.35. The fraction of sp³-hybridized carbons (Fsp3) is 0.529. The van der Waals surface area contributed by atoms with Crippen LogP contribution in [0.4, 0.5) is 0 Å². The van der Waals surface area contributed by atoms with Crippen LogP contribution < -0.4 is 4.74 Å². The molecule has 8 heteroatoms. The third kappa shape index (κ3) is 3.07. The number of halogens is 2. The molecule has 1 aromatic carbocycles. The fourth-order valence-corrected chi connectivity index (χ4v) is 4.80. The largest absolute Gasteiger partial charge is 0.481 e. The number of carbonyl (C=O) groups excluding carboxylic acids is 1. The number of hydrogen-bond donors (Lipinski definition) is 1. The Balaban J connectivity index is 1.56. The predicted molar refractivity (Wildman–Crippen MR) is 93.5 cm³/mol. The van der Waals surface area contributed by atoms with Crippen LogP contribution in [0.1, 0.15) is 24.8 Å². The smallest absolute Gasteiger partial charge is 0.182 e. The summed E-state index contributed by atoms with van der Waals surface area (Å²) < 4.78 is 18.1. The molecule has 3 aliphatic rings. The van der Waals surface area contributed by atoms with Crippen LogP contribution in [0.2, 0.25) is 5.02 Å². The average Bonchev–Trinajstić information content (AvgIpc) is 3.21. The highest BCUT2D eigenvalue weighted by Crippen LogP contribution is 2.42. The number of ketones is 1. The van der Waals surface area contributed by atoms with Gasteiger partial charge < -0.3 is 19.4 Å². The third-order valence-corrected chi connectivity index (χ3v) is 5.84. The molecule has 1 saturated carbocycles. The van der Waals surface area contributed by atoms with E-state index in [1.54, 1.807) is 6.07 Å². The van der Waals surface area contributed by atoms with Crippen molar-refractivity contribution in [1.82, 2.24) is 0 Å². The molecule has 2 aliphatic heterocycles. The molecule has 0 radical (unpaired) electrons. The number of rotatable bonds is 2. The minimum Gasteiger partial charge on any atom is -0.481 e. The van der Waals surface area contributed by atoms with Crippen LogP contribution in [-0.2, 0) is 20.7 Å². The van der Waals surface area contributed by atoms with E-state index in [0.29, 0.717) is 55.4 Å². The van der Waals surface area contributed by atoms with Crippen molar-refractivity contribution in [2.45, 2.75) is 37.6 Å². The number of Topliss-reactive ketones (excluding diaryl/α,β-unsaturated/α-hetero) is 1. The summed E-state index contributed by atoms with van der Waals surface area (Å²) in [7, 11) is 0. The zero-order valence-corrected chi connectivity index (χ0v) is 15.7. The molecule has 4 rings (SSSR count). The van der Waals surface area contributed by atoms with Crippen molar-refractivity contribution in [3.05, 3.63) is 27.2 Å². The zero-order valence-electron chi connectivity index (χ0n) is 13.3. The highest BCUT2D eigenvalue weighted by molar-refractivity contribution is 9.10. The second-order valence-corrected chi connectivity index (χ2v) is 7.84. The maximum atomic E-state index is 13.1. The lowest BCUT2D eigenvalue weighted by molar-refractivity contribution is -0.178. The molecule has 134 valence electrons. The molecule has 1 aliphatic carbocycles. The normalized spacial score (nSPS) is 29.0. The molecule has 1 N–H and O–H groups in total. The van der Waals surface area contributed by atoms with Crippen molar-refractivity contribution in [3.8, 4) is 5.75 Å². The molecule has 0 amide bonds. The third-order valence-electron chi connectivity index (χ3n) is 5.03. The van der Waals surface area contributed by atoms with Crippen LogP contribution in [0.5, 0.6) is 5.75 Å². The summed E-state index contributed by atoms with van der Waals surface area (Å²) in [5.74, 6) is -0.802. The molecular formula is C17H17BrClNO5. The topological polar surface area (TPSA) is 77.4 Å². The first-order valence-corrected chi connectivity index (χ1v) is 9.35. The van der Waals surface area contributed by atoms with Gasteiger partial charge in [-0.2, -0.15) is 0 Å². The molecule has 2 fully saturated rings. The SMILES string of the molecule is O=C(C1CC2(CCC1=NO)OCCO2)[C@@H]1Cc2cc(Cl)cc(Br)c2O1. The second kappa shape index (κ2) is 6.54. The number of oxime groups is 1. The van der Waals surface area contributed by atoms with Crippen molar-refractivity contribution in [2.24, 2.45) is 11.1 Å². The summed E-state index contributed by atoms with van der Waals surface area (Å²) in [5.41, 5.74) is 1.35. The Kier molecular flexibility index (Phi) is 4.52. The molecule has 25 heavy (non-hydrogen) atoms. The molecule has 6 nitrogen and oxygen atoms in total. The van der Waals surface area contributed by atoms with Crippen LogP contribution in [0.25, 0.3) is 0 Å². The lowest BCUT2D eigenvalue weighted by Gasteiger charge is -2.36. The van der Waals surface area contributed by atoms with Gasteiger partial charge in [-0.05, 0) is 34.5 Å². The maximum Gasteiger partial charge on any atom is 0.182 e. The van der Waals surface area contributed by atoms with E-state index in [0.717, 1.165) is 10.0 Å². The van der Waals surface area contributed by atoms with Gasteiger partial charge in [-0.3, -0.25) is 4.79 Å². The minimum absolute atomic E-state index is 0.120. The summed E-state index contributed by atoms with van der Waals surface area (Å²) in [6, 6.07) is 3.55. The van der Waals surface area contributed by atoms with E-state index in [-0.39, 0.29) is 5.78 Å². The Bertz CT molecular complexity index is 747. The van der Waals surface area contributed by atoms with Gasteiger partial charge in [0.2, 0.25) is 0 Å². The molecule has 1 unspecified atom stereocenters. The van der Waals surface area contributed by atoms with Crippen LogP contribution in [0.15, 0.2) is 21.8 Å². The van der Waals surface area contributed by atoms with Crippen LogP contribution in [0.3, 0.4) is 0 Å². The van der Waals surface area contributed by atoms with E-state index in [1.807, 2.05) is 6.07 Å². The monoisotopic (exact) mass is 429 g/mol. The number of fused-ring (bicyclic) bond motifs is 1. The van der Waals surface area contributed by atoms with E-state index in [2.05, 4.69) is 21.1 Å². The molecule has 1 spiro atoms. The molecule has 0 aromatic heterocycles. The number of carbonyl (C=O) groups is 1. The summed E-state index contributed by atoms with van der Waals surface area (Å²) in [4.78, 5) is 13.1. The summed E-state index contributed by atoms with van der Waals surface area (Å²) in [6.07, 6.45) is 1.20. The van der Waals surface area contributed by atoms with Crippen molar-refractivity contribution >= 4 is 39.0 Å². The summed E-state index contributed by atoms with van der Waals surface area (Å²) in [6.45, 7) is 1.03. The van der Waals surface area contributed by atoms with Gasteiger partial charge in [-0.25, -0.2) is 0 Å². The zero-order chi connectivity index (χ0) is 17.6. The molecule has 1 aromatic rings. The summed E-state index contributed by atoms with van der Waals surface area (Å²) in [5, 5.41) is 13.3. The van der Waals surface area contributed by atoms with Gasteiger partial charge in [0.25, 0.3) is 0 Å². The second-order valence-electron chi connectivity index (χ2n) is 6.54. The Hall–Kier alpha value is -1.15. The van der Waals surface area contributed by atoms with Gasteiger partial charge in [0.05, 0.1) is 29.3 Å². The Labute approximate surface area is 158 Å². The summed E-state index contributed by atoms with van der Waals surface area (Å²) >= 11 is 9.50. The van der Waals surface area contributed by atoms with Gasteiger partial charge in [-0.15, -0.1) is 0 Å². The first-order chi connectivity index (χ1) is 12.0. The van der Waals surface area contributed by atoms with Gasteiger partial charge in [0.1, 0.15) is 5.75 Å². The maximum absolute atomic E-state index is 13.1. The van der Waals surface area contributed by atoms with E-state index in [4.69, 9.17) is 25.8 Å². The van der Waals surface area contributed by atoms with Gasteiger partial charge in [-0.1, -0.05) is 16.8 Å². The van der Waals surface area contributed by atoms with Gasteiger partial charge in [0, 0.05) is 29.8 Å². The highest BCUT2D eigenvalue weighted by atomic mass is 79.9. The number of ether oxygens (including phenoxy) is 3. The lowest BCUT2D eigenvalue weighted by atomic mass is 9.78. The van der Waals surface area contributed by atoms with Crippen molar-refractivity contribution in [3.63, 3.8) is 0 Å². The van der Waals surface area contributed by atoms with Crippen molar-refractivity contribution in [1.29, 1.82) is 0 Å². The minimum atomic E-state index is -0.746. The van der Waals surface area contributed by atoms with E-state index >= 15 is 0 Å². The van der Waals surface area contributed by atoms with Crippen LogP contribution in [-0.4, -0.2) is 41.8 Å². The average molecular weight is 431 g/mol. The Morgan fingerprint density at radius 1 is 1.36 bits per heavy atom. The molecule has 0 bridgehead atoms. The van der Waals surface area contributed by atoms with E-state index in [1.165, 1.54) is 0 Å². The Morgan fingerprint density at radius 3 is 2.84 bits per heavy atom. The molecule has 2 atom stereocenters. The first-order valence-electron chi connectivity index (χ1n) is 8.18. The first kappa shape index (κ1) is 17.3. The van der Waals surface area contributed by atoms with Crippen LogP contribution >= 0.6 is 27.5 Å². The number of benzene rings is 1. The van der Waals surface area contributed by atoms with Crippen LogP contribution in [0, 0.1) is 5.92 Å². The van der Waals surface area contributed by atoms with Gasteiger partial charge >= 0.3 is 0 Å². The molecular weight excluding hydrogens is 414 g/mol. The van der Waals surface area contributed by atoms with E-state index < -0.39 is 17.8 Å². The fourth-order valence-electron chi connectivity index (χ4n) is 3.83.